The number of halogens is 1. The van der Waals surface area contributed by atoms with Gasteiger partial charge in [0.2, 0.25) is 0 Å². The van der Waals surface area contributed by atoms with E-state index in [9.17, 15) is 4.79 Å². The van der Waals surface area contributed by atoms with Crippen molar-refractivity contribution in [3.63, 3.8) is 0 Å². The molecule has 7 heteroatoms. The monoisotopic (exact) mass is 361 g/mol. The van der Waals surface area contributed by atoms with E-state index in [1.165, 1.54) is 7.11 Å². The highest BCUT2D eigenvalue weighted by Crippen LogP contribution is 2.27. The maximum atomic E-state index is 12.3. The zero-order chi connectivity index (χ0) is 17.6. The van der Waals surface area contributed by atoms with Gasteiger partial charge in [0.1, 0.15) is 6.10 Å². The first-order valence-electron chi connectivity index (χ1n) is 8.24. The van der Waals surface area contributed by atoms with Gasteiger partial charge in [-0.05, 0) is 37.8 Å². The van der Waals surface area contributed by atoms with Gasteiger partial charge in [-0.15, -0.1) is 0 Å². The Bertz CT molecular complexity index is 733. The number of carbonyl (C=O) groups excluding carboxylic acids is 1. The summed E-state index contributed by atoms with van der Waals surface area (Å²) in [4.78, 5) is 20.6. The lowest BCUT2D eigenvalue weighted by molar-refractivity contribution is 0.0886. The van der Waals surface area contributed by atoms with Crippen LogP contribution in [0.4, 0.5) is 0 Å². The predicted molar refractivity (Wildman–Crippen MR) is 94.2 cm³/mol. The number of rotatable bonds is 5. The molecule has 1 aliphatic rings. The number of aromatic nitrogens is 2. The van der Waals surface area contributed by atoms with Crippen molar-refractivity contribution in [3.8, 4) is 11.8 Å². The Balaban J connectivity index is 1.52. The first-order chi connectivity index (χ1) is 12.2. The second-order valence-electron chi connectivity index (χ2n) is 5.92. The summed E-state index contributed by atoms with van der Waals surface area (Å²) in [5, 5.41) is 3.52. The number of methoxy groups -OCH3 is 1. The third kappa shape index (κ3) is 4.39. The zero-order valence-corrected chi connectivity index (χ0v) is 14.7. The summed E-state index contributed by atoms with van der Waals surface area (Å²) in [5.41, 5.74) is 0.506. The van der Waals surface area contributed by atoms with Crippen molar-refractivity contribution >= 4 is 17.5 Å². The molecule has 0 saturated heterocycles. The summed E-state index contributed by atoms with van der Waals surface area (Å²) in [6.07, 6.45) is 6.51. The molecular weight excluding hydrogens is 342 g/mol. The number of benzene rings is 1. The van der Waals surface area contributed by atoms with Crippen LogP contribution in [-0.4, -0.2) is 35.1 Å². The number of amides is 1. The van der Waals surface area contributed by atoms with Crippen molar-refractivity contribution in [2.24, 2.45) is 0 Å². The van der Waals surface area contributed by atoms with E-state index in [0.29, 0.717) is 22.3 Å². The molecule has 1 aromatic carbocycles. The van der Waals surface area contributed by atoms with Crippen LogP contribution in [0.25, 0.3) is 0 Å². The molecule has 6 nitrogen and oxygen atoms in total. The van der Waals surface area contributed by atoms with Gasteiger partial charge >= 0.3 is 0 Å². The SMILES string of the molecule is COc1nccnc1OC1CCC(NC(=O)c2ccccc2Cl)CC1. The minimum atomic E-state index is -0.134. The van der Waals surface area contributed by atoms with Gasteiger partial charge in [-0.2, -0.15) is 0 Å². The van der Waals surface area contributed by atoms with Crippen molar-refractivity contribution in [1.29, 1.82) is 0 Å². The lowest BCUT2D eigenvalue weighted by Gasteiger charge is -2.29. The molecule has 0 radical (unpaired) electrons. The van der Waals surface area contributed by atoms with Crippen LogP contribution >= 0.6 is 11.6 Å². The van der Waals surface area contributed by atoms with Crippen LogP contribution in [0.2, 0.25) is 5.02 Å². The average Bonchev–Trinajstić information content (AvgIpc) is 2.64. The summed E-state index contributed by atoms with van der Waals surface area (Å²) in [6, 6.07) is 7.18. The molecule has 25 heavy (non-hydrogen) atoms. The molecule has 0 unspecified atom stereocenters. The molecule has 2 aromatic rings. The molecule has 0 aliphatic heterocycles. The lowest BCUT2D eigenvalue weighted by Crippen LogP contribution is -2.39. The second kappa shape index (κ2) is 8.16. The van der Waals surface area contributed by atoms with Crippen LogP contribution < -0.4 is 14.8 Å². The first kappa shape index (κ1) is 17.5. The number of hydrogen-bond donors (Lipinski definition) is 1. The molecule has 1 N–H and O–H groups in total. The van der Waals surface area contributed by atoms with E-state index in [-0.39, 0.29) is 18.1 Å². The van der Waals surface area contributed by atoms with Gasteiger partial charge in [0.15, 0.2) is 0 Å². The fraction of sp³-hybridized carbons (Fsp3) is 0.389. The lowest BCUT2D eigenvalue weighted by atomic mass is 9.92. The molecule has 0 atom stereocenters. The Morgan fingerprint density at radius 2 is 1.80 bits per heavy atom. The average molecular weight is 362 g/mol. The molecule has 0 spiro atoms. The summed E-state index contributed by atoms with van der Waals surface area (Å²) >= 11 is 6.07. The van der Waals surface area contributed by atoms with Gasteiger partial charge in [-0.1, -0.05) is 23.7 Å². The van der Waals surface area contributed by atoms with E-state index >= 15 is 0 Å². The van der Waals surface area contributed by atoms with Crippen LogP contribution in [0, 0.1) is 0 Å². The maximum absolute atomic E-state index is 12.3. The molecule has 1 aliphatic carbocycles. The molecule has 1 saturated carbocycles. The van der Waals surface area contributed by atoms with Gasteiger partial charge in [0.05, 0.1) is 17.7 Å². The van der Waals surface area contributed by atoms with Crippen molar-refractivity contribution in [2.75, 3.05) is 7.11 Å². The zero-order valence-electron chi connectivity index (χ0n) is 13.9. The summed E-state index contributed by atoms with van der Waals surface area (Å²) < 4.78 is 11.1. The number of carbonyl (C=O) groups is 1. The maximum Gasteiger partial charge on any atom is 0.278 e. The Hall–Kier alpha value is -2.34. The molecule has 1 fully saturated rings. The molecule has 132 valence electrons. The Morgan fingerprint density at radius 3 is 2.48 bits per heavy atom. The standard InChI is InChI=1S/C18H20ClN3O3/c1-24-17-18(21-11-10-20-17)25-13-8-6-12(7-9-13)22-16(23)14-4-2-3-5-15(14)19/h2-5,10-13H,6-9H2,1H3,(H,22,23). The van der Waals surface area contributed by atoms with Crippen molar-refractivity contribution in [1.82, 2.24) is 15.3 Å². The molecule has 1 heterocycles. The molecule has 1 amide bonds. The first-order valence-corrected chi connectivity index (χ1v) is 8.62. The largest absolute Gasteiger partial charge is 0.477 e. The van der Waals surface area contributed by atoms with E-state index in [4.69, 9.17) is 21.1 Å². The highest BCUT2D eigenvalue weighted by molar-refractivity contribution is 6.33. The van der Waals surface area contributed by atoms with Crippen molar-refractivity contribution in [3.05, 3.63) is 47.2 Å². The minimum Gasteiger partial charge on any atom is -0.477 e. The number of ether oxygens (including phenoxy) is 2. The van der Waals surface area contributed by atoms with Gasteiger partial charge in [0.25, 0.3) is 17.7 Å². The van der Waals surface area contributed by atoms with E-state index in [1.807, 2.05) is 6.07 Å². The smallest absolute Gasteiger partial charge is 0.278 e. The van der Waals surface area contributed by atoms with Crippen LogP contribution in [0.5, 0.6) is 11.8 Å². The number of nitrogens with one attached hydrogen (secondary N) is 1. The van der Waals surface area contributed by atoms with E-state index < -0.39 is 0 Å². The molecular formula is C18H20ClN3O3. The topological polar surface area (TPSA) is 73.3 Å². The Kier molecular flexibility index (Phi) is 5.71. The third-order valence-corrected chi connectivity index (χ3v) is 4.56. The summed E-state index contributed by atoms with van der Waals surface area (Å²) in [7, 11) is 1.54. The van der Waals surface area contributed by atoms with Crippen LogP contribution in [0.15, 0.2) is 36.7 Å². The Morgan fingerprint density at radius 1 is 1.12 bits per heavy atom. The van der Waals surface area contributed by atoms with E-state index in [1.54, 1.807) is 30.6 Å². The molecule has 0 bridgehead atoms. The highest BCUT2D eigenvalue weighted by atomic mass is 35.5. The molecule has 1 aromatic heterocycles. The predicted octanol–water partition coefficient (Wildman–Crippen LogP) is 3.26. The number of hydrogen-bond acceptors (Lipinski definition) is 5. The molecule has 3 rings (SSSR count). The van der Waals surface area contributed by atoms with Crippen molar-refractivity contribution in [2.45, 2.75) is 37.8 Å². The normalized spacial score (nSPS) is 19.9. The summed E-state index contributed by atoms with van der Waals surface area (Å²) in [6.45, 7) is 0. The van der Waals surface area contributed by atoms with Crippen LogP contribution in [0.1, 0.15) is 36.0 Å². The van der Waals surface area contributed by atoms with Gasteiger partial charge in [0, 0.05) is 18.4 Å². The fourth-order valence-electron chi connectivity index (χ4n) is 2.92. The van der Waals surface area contributed by atoms with Gasteiger partial charge < -0.3 is 14.8 Å². The van der Waals surface area contributed by atoms with E-state index in [0.717, 1.165) is 25.7 Å². The van der Waals surface area contributed by atoms with E-state index in [2.05, 4.69) is 15.3 Å². The summed E-state index contributed by atoms with van der Waals surface area (Å²) in [5.74, 6) is 0.663. The van der Waals surface area contributed by atoms with Crippen molar-refractivity contribution < 1.29 is 14.3 Å². The van der Waals surface area contributed by atoms with Gasteiger partial charge in [-0.25, -0.2) is 9.97 Å². The Labute approximate surface area is 151 Å². The van der Waals surface area contributed by atoms with Crippen LogP contribution in [0.3, 0.4) is 0 Å². The highest BCUT2D eigenvalue weighted by Gasteiger charge is 2.25. The number of nitrogens with zero attached hydrogens (tertiary/aromatic N) is 2. The third-order valence-electron chi connectivity index (χ3n) is 4.23. The quantitative estimate of drug-likeness (QED) is 0.884. The second-order valence-corrected chi connectivity index (χ2v) is 6.32. The van der Waals surface area contributed by atoms with Gasteiger partial charge in [-0.3, -0.25) is 4.79 Å². The minimum absolute atomic E-state index is 0.0408. The van der Waals surface area contributed by atoms with Crippen LogP contribution in [-0.2, 0) is 0 Å². The fourth-order valence-corrected chi connectivity index (χ4v) is 3.15.